The van der Waals surface area contributed by atoms with E-state index in [1.54, 1.807) is 6.33 Å². The summed E-state index contributed by atoms with van der Waals surface area (Å²) in [6.07, 6.45) is 3.68. The third-order valence-corrected chi connectivity index (χ3v) is 3.16. The Hall–Kier alpha value is -1.36. The molecule has 5 heteroatoms. The number of nitrogens with zero attached hydrogens (tertiary/aromatic N) is 3. The van der Waals surface area contributed by atoms with Crippen LogP contribution >= 0.6 is 0 Å². The maximum absolute atomic E-state index is 4.41. The molecule has 20 heavy (non-hydrogen) atoms. The largest absolute Gasteiger partial charge is 0.373 e. The average molecular weight is 279 g/mol. The maximum Gasteiger partial charge on any atom is 0.134 e. The van der Waals surface area contributed by atoms with Crippen LogP contribution in [0.2, 0.25) is 0 Å². The third-order valence-electron chi connectivity index (χ3n) is 3.16. The van der Waals surface area contributed by atoms with Crippen molar-refractivity contribution in [1.82, 2.24) is 14.9 Å². The molecule has 0 radical (unpaired) electrons. The molecule has 1 heterocycles. The van der Waals surface area contributed by atoms with Crippen LogP contribution in [-0.4, -0.2) is 49.1 Å². The molecule has 0 aliphatic carbocycles. The molecule has 0 atom stereocenters. The van der Waals surface area contributed by atoms with Crippen molar-refractivity contribution in [2.24, 2.45) is 5.41 Å². The minimum atomic E-state index is 0.192. The molecular weight excluding hydrogens is 250 g/mol. The van der Waals surface area contributed by atoms with Gasteiger partial charge in [-0.05, 0) is 25.9 Å². The van der Waals surface area contributed by atoms with E-state index in [0.717, 1.165) is 37.6 Å². The van der Waals surface area contributed by atoms with Crippen LogP contribution in [0.15, 0.2) is 6.33 Å². The molecule has 1 rings (SSSR count). The highest BCUT2D eigenvalue weighted by Gasteiger charge is 2.20. The molecule has 1 aromatic rings. The molecule has 0 bridgehead atoms. The van der Waals surface area contributed by atoms with Gasteiger partial charge in [-0.15, -0.1) is 0 Å². The first kappa shape index (κ1) is 16.7. The highest BCUT2D eigenvalue weighted by atomic mass is 15.1. The summed E-state index contributed by atoms with van der Waals surface area (Å²) >= 11 is 0. The Morgan fingerprint density at radius 2 is 1.85 bits per heavy atom. The lowest BCUT2D eigenvalue weighted by Gasteiger charge is -2.29. The molecule has 0 saturated heterocycles. The summed E-state index contributed by atoms with van der Waals surface area (Å²) in [6.45, 7) is 8.63. The van der Waals surface area contributed by atoms with Crippen LogP contribution in [-0.2, 0) is 6.42 Å². The van der Waals surface area contributed by atoms with E-state index in [-0.39, 0.29) is 5.41 Å². The topological polar surface area (TPSA) is 53.1 Å². The highest BCUT2D eigenvalue weighted by Crippen LogP contribution is 2.23. The van der Waals surface area contributed by atoms with Crippen molar-refractivity contribution >= 4 is 11.6 Å². The fourth-order valence-electron chi connectivity index (χ4n) is 2.50. The molecule has 0 fully saturated rings. The van der Waals surface area contributed by atoms with E-state index in [0.29, 0.717) is 0 Å². The summed E-state index contributed by atoms with van der Waals surface area (Å²) in [4.78, 5) is 10.9. The fraction of sp³-hybridized carbons (Fsp3) is 0.733. The molecule has 0 amide bonds. The van der Waals surface area contributed by atoms with Crippen LogP contribution in [0, 0.1) is 5.41 Å². The maximum atomic E-state index is 4.41. The third kappa shape index (κ3) is 4.96. The fourth-order valence-corrected chi connectivity index (χ4v) is 2.50. The van der Waals surface area contributed by atoms with Crippen LogP contribution in [0.3, 0.4) is 0 Å². The Bertz CT molecular complexity index is 415. The first-order chi connectivity index (χ1) is 9.39. The zero-order valence-corrected chi connectivity index (χ0v) is 13.7. The number of aromatic nitrogens is 2. The van der Waals surface area contributed by atoms with Crippen molar-refractivity contribution in [3.63, 3.8) is 0 Å². The predicted octanol–water partition coefficient (Wildman–Crippen LogP) is 2.47. The molecule has 0 spiro atoms. The van der Waals surface area contributed by atoms with E-state index in [1.165, 1.54) is 5.56 Å². The zero-order chi connectivity index (χ0) is 15.2. The standard InChI is InChI=1S/C15H29N5/c1-7-8-12-13(16-4)18-11-19-14(12)17-9-15(2,3)10-20(5)6/h11H,7-10H2,1-6H3,(H2,16,17,18,19). The van der Waals surface area contributed by atoms with Gasteiger partial charge in [-0.2, -0.15) is 0 Å². The van der Waals surface area contributed by atoms with Gasteiger partial charge in [0.05, 0.1) is 0 Å². The summed E-state index contributed by atoms with van der Waals surface area (Å²) in [6, 6.07) is 0. The lowest BCUT2D eigenvalue weighted by atomic mass is 9.93. The van der Waals surface area contributed by atoms with Gasteiger partial charge >= 0.3 is 0 Å². The van der Waals surface area contributed by atoms with Gasteiger partial charge in [-0.25, -0.2) is 9.97 Å². The Morgan fingerprint density at radius 1 is 1.20 bits per heavy atom. The molecule has 0 unspecified atom stereocenters. The molecule has 5 nitrogen and oxygen atoms in total. The highest BCUT2D eigenvalue weighted by molar-refractivity contribution is 5.57. The summed E-state index contributed by atoms with van der Waals surface area (Å²) in [5.74, 6) is 1.88. The predicted molar refractivity (Wildman–Crippen MR) is 86.4 cm³/mol. The summed E-state index contributed by atoms with van der Waals surface area (Å²) in [7, 11) is 6.11. The SMILES string of the molecule is CCCc1c(NC)ncnc1NCC(C)(C)CN(C)C. The van der Waals surface area contributed by atoms with Gasteiger partial charge in [-0.3, -0.25) is 0 Å². The lowest BCUT2D eigenvalue weighted by molar-refractivity contribution is 0.254. The van der Waals surface area contributed by atoms with Crippen molar-refractivity contribution < 1.29 is 0 Å². The second-order valence-electron chi connectivity index (χ2n) is 6.30. The van der Waals surface area contributed by atoms with Crippen molar-refractivity contribution in [1.29, 1.82) is 0 Å². The normalized spacial score (nSPS) is 11.8. The second kappa shape index (κ2) is 7.43. The van der Waals surface area contributed by atoms with Crippen LogP contribution < -0.4 is 10.6 Å². The van der Waals surface area contributed by atoms with Gasteiger partial charge in [-0.1, -0.05) is 27.2 Å². The van der Waals surface area contributed by atoms with Gasteiger partial charge in [0.25, 0.3) is 0 Å². The molecule has 0 aliphatic rings. The van der Waals surface area contributed by atoms with Gasteiger partial charge in [0.2, 0.25) is 0 Å². The van der Waals surface area contributed by atoms with Gasteiger partial charge in [0.1, 0.15) is 18.0 Å². The van der Waals surface area contributed by atoms with Gasteiger partial charge in [0.15, 0.2) is 0 Å². The van der Waals surface area contributed by atoms with Crippen molar-refractivity contribution in [3.05, 3.63) is 11.9 Å². The van der Waals surface area contributed by atoms with E-state index in [2.05, 4.69) is 60.4 Å². The Balaban J connectivity index is 2.81. The first-order valence-corrected chi connectivity index (χ1v) is 7.30. The van der Waals surface area contributed by atoms with Gasteiger partial charge < -0.3 is 15.5 Å². The second-order valence-corrected chi connectivity index (χ2v) is 6.30. The molecule has 0 aliphatic heterocycles. The number of rotatable bonds is 8. The first-order valence-electron chi connectivity index (χ1n) is 7.30. The number of hydrogen-bond acceptors (Lipinski definition) is 5. The van der Waals surface area contributed by atoms with Gasteiger partial charge in [0, 0.05) is 25.7 Å². The van der Waals surface area contributed by atoms with E-state index < -0.39 is 0 Å². The van der Waals surface area contributed by atoms with Crippen molar-refractivity contribution in [2.45, 2.75) is 33.6 Å². The zero-order valence-electron chi connectivity index (χ0n) is 13.7. The molecule has 114 valence electrons. The van der Waals surface area contributed by atoms with Crippen molar-refractivity contribution in [3.8, 4) is 0 Å². The lowest BCUT2D eigenvalue weighted by Crippen LogP contribution is -2.34. The molecule has 0 saturated carbocycles. The number of anilines is 2. The van der Waals surface area contributed by atoms with E-state index in [9.17, 15) is 0 Å². The van der Waals surface area contributed by atoms with E-state index >= 15 is 0 Å². The molecule has 2 N–H and O–H groups in total. The molecule has 1 aromatic heterocycles. The quantitative estimate of drug-likeness (QED) is 0.765. The average Bonchev–Trinajstić information content (AvgIpc) is 2.36. The Kier molecular flexibility index (Phi) is 6.20. The Labute approximate surface area is 123 Å². The smallest absolute Gasteiger partial charge is 0.134 e. The summed E-state index contributed by atoms with van der Waals surface area (Å²) in [5, 5.41) is 6.65. The van der Waals surface area contributed by atoms with Crippen LogP contribution in [0.1, 0.15) is 32.8 Å². The number of hydrogen-bond donors (Lipinski definition) is 2. The van der Waals surface area contributed by atoms with Crippen LogP contribution in [0.4, 0.5) is 11.6 Å². The summed E-state index contributed by atoms with van der Waals surface area (Å²) < 4.78 is 0. The van der Waals surface area contributed by atoms with E-state index in [1.807, 2.05) is 7.05 Å². The molecule has 0 aromatic carbocycles. The Morgan fingerprint density at radius 3 is 2.40 bits per heavy atom. The molecular formula is C15H29N5. The monoisotopic (exact) mass is 279 g/mol. The van der Waals surface area contributed by atoms with Crippen LogP contribution in [0.25, 0.3) is 0 Å². The number of nitrogens with one attached hydrogen (secondary N) is 2. The van der Waals surface area contributed by atoms with Crippen LogP contribution in [0.5, 0.6) is 0 Å². The van der Waals surface area contributed by atoms with E-state index in [4.69, 9.17) is 0 Å². The summed E-state index contributed by atoms with van der Waals surface area (Å²) in [5.41, 5.74) is 1.37. The minimum Gasteiger partial charge on any atom is -0.373 e. The van der Waals surface area contributed by atoms with Crippen molar-refractivity contribution in [2.75, 3.05) is 44.9 Å². The minimum absolute atomic E-state index is 0.192.